The van der Waals surface area contributed by atoms with Gasteiger partial charge in [-0.1, -0.05) is 0 Å². The molecule has 2 saturated heterocycles. The Morgan fingerprint density at radius 3 is 2.88 bits per heavy atom. The molecular weight excluding hydrogens is 322 g/mol. The van der Waals surface area contributed by atoms with Gasteiger partial charge in [0.25, 0.3) is 0 Å². The molecular formula is C17H29N5O3. The zero-order valence-corrected chi connectivity index (χ0v) is 15.4. The number of methoxy groups -OCH3 is 1. The minimum absolute atomic E-state index is 0.0143. The SMILES string of the molecule is CN=C(NCC1(OC)CCOCC1)N1CCOC(c2cnn(C)c2)C1. The van der Waals surface area contributed by atoms with Gasteiger partial charge in [-0.2, -0.15) is 5.10 Å². The van der Waals surface area contributed by atoms with Crippen LogP contribution in [0.2, 0.25) is 0 Å². The van der Waals surface area contributed by atoms with Gasteiger partial charge in [-0.3, -0.25) is 9.67 Å². The van der Waals surface area contributed by atoms with Crippen molar-refractivity contribution in [2.45, 2.75) is 24.5 Å². The highest BCUT2D eigenvalue weighted by Crippen LogP contribution is 2.24. The van der Waals surface area contributed by atoms with Gasteiger partial charge in [0.1, 0.15) is 6.10 Å². The van der Waals surface area contributed by atoms with Gasteiger partial charge >= 0.3 is 0 Å². The average Bonchev–Trinajstić information content (AvgIpc) is 3.10. The summed E-state index contributed by atoms with van der Waals surface area (Å²) < 4.78 is 19.0. The molecule has 0 aliphatic carbocycles. The van der Waals surface area contributed by atoms with Gasteiger partial charge in [-0.25, -0.2) is 0 Å². The van der Waals surface area contributed by atoms with E-state index in [2.05, 4.69) is 20.3 Å². The Bertz CT molecular complexity index is 583. The quantitative estimate of drug-likeness (QED) is 0.631. The normalized spacial score (nSPS) is 24.4. The van der Waals surface area contributed by atoms with Crippen LogP contribution in [0.4, 0.5) is 0 Å². The molecule has 1 aromatic heterocycles. The van der Waals surface area contributed by atoms with Crippen LogP contribution >= 0.6 is 0 Å². The Hall–Kier alpha value is -1.64. The summed E-state index contributed by atoms with van der Waals surface area (Å²) in [6.45, 7) is 4.47. The van der Waals surface area contributed by atoms with Crippen LogP contribution in [-0.2, 0) is 21.3 Å². The van der Waals surface area contributed by atoms with E-state index in [1.165, 1.54) is 0 Å². The van der Waals surface area contributed by atoms with Crippen molar-refractivity contribution in [3.63, 3.8) is 0 Å². The molecule has 0 bridgehead atoms. The molecule has 1 N–H and O–H groups in total. The molecule has 1 unspecified atom stereocenters. The van der Waals surface area contributed by atoms with Gasteiger partial charge in [0.05, 0.1) is 24.9 Å². The average molecular weight is 351 g/mol. The summed E-state index contributed by atoms with van der Waals surface area (Å²) in [6.07, 6.45) is 5.68. The van der Waals surface area contributed by atoms with Crippen LogP contribution in [-0.4, -0.2) is 79.9 Å². The summed E-state index contributed by atoms with van der Waals surface area (Å²) in [5, 5.41) is 7.74. The van der Waals surface area contributed by atoms with Crippen molar-refractivity contribution < 1.29 is 14.2 Å². The summed E-state index contributed by atoms with van der Waals surface area (Å²) in [6, 6.07) is 0. The number of rotatable bonds is 4. The number of hydrogen-bond acceptors (Lipinski definition) is 5. The smallest absolute Gasteiger partial charge is 0.193 e. The van der Waals surface area contributed by atoms with E-state index in [4.69, 9.17) is 14.2 Å². The van der Waals surface area contributed by atoms with Gasteiger partial charge in [0, 0.05) is 72.1 Å². The second-order valence-corrected chi connectivity index (χ2v) is 6.65. The van der Waals surface area contributed by atoms with Crippen molar-refractivity contribution in [1.82, 2.24) is 20.0 Å². The Balaban J connectivity index is 1.60. The predicted octanol–water partition coefficient (Wildman–Crippen LogP) is 0.564. The molecule has 3 heterocycles. The van der Waals surface area contributed by atoms with Crippen molar-refractivity contribution in [3.8, 4) is 0 Å². The molecule has 0 amide bonds. The highest BCUT2D eigenvalue weighted by atomic mass is 16.5. The fourth-order valence-electron chi connectivity index (χ4n) is 3.42. The zero-order valence-electron chi connectivity index (χ0n) is 15.4. The van der Waals surface area contributed by atoms with E-state index in [1.54, 1.807) is 11.8 Å². The number of morpholine rings is 1. The van der Waals surface area contributed by atoms with Crippen LogP contribution in [0, 0.1) is 0 Å². The second-order valence-electron chi connectivity index (χ2n) is 6.65. The number of guanidine groups is 1. The third-order valence-electron chi connectivity index (χ3n) is 5.08. The molecule has 0 spiro atoms. The fraction of sp³-hybridized carbons (Fsp3) is 0.765. The van der Waals surface area contributed by atoms with E-state index < -0.39 is 0 Å². The topological polar surface area (TPSA) is 73.1 Å². The molecule has 25 heavy (non-hydrogen) atoms. The van der Waals surface area contributed by atoms with Gasteiger partial charge in [-0.05, 0) is 0 Å². The molecule has 1 aromatic rings. The Morgan fingerprint density at radius 1 is 1.44 bits per heavy atom. The fourth-order valence-corrected chi connectivity index (χ4v) is 3.42. The summed E-state index contributed by atoms with van der Waals surface area (Å²) in [4.78, 5) is 6.70. The molecule has 1 atom stereocenters. The van der Waals surface area contributed by atoms with Crippen molar-refractivity contribution in [1.29, 1.82) is 0 Å². The van der Waals surface area contributed by atoms with Crippen molar-refractivity contribution in [2.24, 2.45) is 12.0 Å². The van der Waals surface area contributed by atoms with E-state index in [9.17, 15) is 0 Å². The first-order chi connectivity index (χ1) is 12.2. The van der Waals surface area contributed by atoms with Crippen LogP contribution in [0.5, 0.6) is 0 Å². The first-order valence-corrected chi connectivity index (χ1v) is 8.84. The highest BCUT2D eigenvalue weighted by molar-refractivity contribution is 5.80. The Morgan fingerprint density at radius 2 is 2.24 bits per heavy atom. The maximum absolute atomic E-state index is 5.92. The summed E-state index contributed by atoms with van der Waals surface area (Å²) >= 11 is 0. The lowest BCUT2D eigenvalue weighted by Crippen LogP contribution is -2.53. The first kappa shape index (κ1) is 18.2. The molecule has 0 saturated carbocycles. The number of aliphatic imine (C=N–C) groups is 1. The van der Waals surface area contributed by atoms with Gasteiger partial charge in [-0.15, -0.1) is 0 Å². The molecule has 140 valence electrons. The molecule has 8 nitrogen and oxygen atoms in total. The minimum Gasteiger partial charge on any atom is -0.381 e. The number of ether oxygens (including phenoxy) is 3. The van der Waals surface area contributed by atoms with E-state index >= 15 is 0 Å². The van der Waals surface area contributed by atoms with Gasteiger partial charge in [0.15, 0.2) is 5.96 Å². The van der Waals surface area contributed by atoms with E-state index in [0.717, 1.165) is 57.2 Å². The van der Waals surface area contributed by atoms with Gasteiger partial charge in [0.2, 0.25) is 0 Å². The van der Waals surface area contributed by atoms with Crippen LogP contribution in [0.1, 0.15) is 24.5 Å². The predicted molar refractivity (Wildman–Crippen MR) is 94.6 cm³/mol. The Labute approximate surface area is 149 Å². The highest BCUT2D eigenvalue weighted by Gasteiger charge is 2.33. The molecule has 8 heteroatoms. The number of aromatic nitrogens is 2. The monoisotopic (exact) mass is 351 g/mol. The number of hydrogen-bond donors (Lipinski definition) is 1. The lowest BCUT2D eigenvalue weighted by atomic mass is 9.94. The lowest BCUT2D eigenvalue weighted by molar-refractivity contribution is -0.0860. The molecule has 2 aliphatic heterocycles. The van der Waals surface area contributed by atoms with Gasteiger partial charge < -0.3 is 24.4 Å². The largest absolute Gasteiger partial charge is 0.381 e. The van der Waals surface area contributed by atoms with E-state index in [1.807, 2.05) is 26.5 Å². The molecule has 2 fully saturated rings. The number of aryl methyl sites for hydroxylation is 1. The van der Waals surface area contributed by atoms with Crippen LogP contribution in [0.25, 0.3) is 0 Å². The standard InChI is InChI=1S/C17H29N5O3/c1-18-16(19-13-17(23-3)4-7-24-8-5-17)22-6-9-25-15(12-22)14-10-20-21(2)11-14/h10-11,15H,4-9,12-13H2,1-3H3,(H,18,19). The maximum Gasteiger partial charge on any atom is 0.193 e. The van der Waals surface area contributed by atoms with E-state index in [-0.39, 0.29) is 11.7 Å². The molecule has 0 radical (unpaired) electrons. The van der Waals surface area contributed by atoms with Crippen molar-refractivity contribution in [2.75, 3.05) is 53.6 Å². The van der Waals surface area contributed by atoms with Crippen molar-refractivity contribution in [3.05, 3.63) is 18.0 Å². The number of nitrogens with one attached hydrogen (secondary N) is 1. The lowest BCUT2D eigenvalue weighted by Gasteiger charge is -2.39. The molecule has 0 aromatic carbocycles. The zero-order chi connectivity index (χ0) is 17.7. The van der Waals surface area contributed by atoms with Crippen LogP contribution in [0.3, 0.4) is 0 Å². The van der Waals surface area contributed by atoms with Crippen molar-refractivity contribution >= 4 is 5.96 Å². The molecule has 2 aliphatic rings. The summed E-state index contributed by atoms with van der Waals surface area (Å²) in [5.41, 5.74) is 0.920. The summed E-state index contributed by atoms with van der Waals surface area (Å²) in [5.74, 6) is 0.889. The maximum atomic E-state index is 5.92. The van der Waals surface area contributed by atoms with E-state index in [0.29, 0.717) is 6.61 Å². The molecule has 3 rings (SSSR count). The third-order valence-corrected chi connectivity index (χ3v) is 5.08. The number of nitrogens with zero attached hydrogens (tertiary/aromatic N) is 4. The third kappa shape index (κ3) is 4.31. The first-order valence-electron chi connectivity index (χ1n) is 8.84. The minimum atomic E-state index is -0.177. The van der Waals surface area contributed by atoms with Crippen LogP contribution < -0.4 is 5.32 Å². The van der Waals surface area contributed by atoms with Crippen LogP contribution in [0.15, 0.2) is 17.4 Å². The Kier molecular flexibility index (Phi) is 5.93. The summed E-state index contributed by atoms with van der Waals surface area (Å²) in [7, 11) is 5.52. The second kappa shape index (κ2) is 8.16.